The minimum atomic E-state index is -0.195. The molecule has 100 valence electrons. The summed E-state index contributed by atoms with van der Waals surface area (Å²) < 4.78 is 0. The van der Waals surface area contributed by atoms with Crippen LogP contribution in [0.5, 0.6) is 0 Å². The molecule has 19 heavy (non-hydrogen) atoms. The average Bonchev–Trinajstić information content (AvgIpc) is 2.65. The predicted molar refractivity (Wildman–Crippen MR) is 70.6 cm³/mol. The van der Waals surface area contributed by atoms with Crippen LogP contribution >= 0.6 is 0 Å². The number of hydrogen-bond donors (Lipinski definition) is 1. The van der Waals surface area contributed by atoms with Crippen molar-refractivity contribution in [3.8, 4) is 0 Å². The number of imide groups is 1. The van der Waals surface area contributed by atoms with Gasteiger partial charge in [-0.05, 0) is 31.5 Å². The summed E-state index contributed by atoms with van der Waals surface area (Å²) in [5.41, 5.74) is 6.94. The van der Waals surface area contributed by atoms with Gasteiger partial charge in [0.1, 0.15) is 0 Å². The van der Waals surface area contributed by atoms with E-state index in [2.05, 4.69) is 4.90 Å². The Morgan fingerprint density at radius 1 is 1.16 bits per heavy atom. The van der Waals surface area contributed by atoms with Gasteiger partial charge in [0.25, 0.3) is 11.8 Å². The summed E-state index contributed by atoms with van der Waals surface area (Å²) >= 11 is 0. The second-order valence-corrected chi connectivity index (χ2v) is 5.20. The Morgan fingerprint density at radius 3 is 2.37 bits per heavy atom. The van der Waals surface area contributed by atoms with Crippen LogP contribution < -0.4 is 5.73 Å². The van der Waals surface area contributed by atoms with Crippen LogP contribution in [0.2, 0.25) is 0 Å². The molecule has 0 radical (unpaired) electrons. The number of likely N-dealkylation sites (tertiary alicyclic amines) is 1. The van der Waals surface area contributed by atoms with Crippen LogP contribution in [0.15, 0.2) is 24.3 Å². The van der Waals surface area contributed by atoms with E-state index in [1.54, 1.807) is 24.3 Å². The van der Waals surface area contributed by atoms with Gasteiger partial charge in [-0.1, -0.05) is 12.1 Å². The first kappa shape index (κ1) is 12.3. The monoisotopic (exact) mass is 259 g/mol. The summed E-state index contributed by atoms with van der Waals surface area (Å²) in [7, 11) is 0. The Morgan fingerprint density at radius 2 is 1.79 bits per heavy atom. The molecule has 1 fully saturated rings. The standard InChI is InChI=1S/C14H17N3O2/c15-10-4-3-7-16(8-10)9-17-13(18)11-5-1-2-6-12(11)14(17)19/h1-2,5-6,10H,3-4,7-9,15H2. The van der Waals surface area contributed by atoms with Crippen molar-refractivity contribution < 1.29 is 9.59 Å². The molecule has 0 bridgehead atoms. The summed E-state index contributed by atoms with van der Waals surface area (Å²) in [6.07, 6.45) is 2.03. The minimum Gasteiger partial charge on any atom is -0.327 e. The third-order valence-electron chi connectivity index (χ3n) is 3.76. The van der Waals surface area contributed by atoms with Gasteiger partial charge in [0.05, 0.1) is 17.8 Å². The highest BCUT2D eigenvalue weighted by Gasteiger charge is 2.36. The van der Waals surface area contributed by atoms with Gasteiger partial charge in [-0.3, -0.25) is 19.4 Å². The molecule has 5 heteroatoms. The number of hydrogen-bond acceptors (Lipinski definition) is 4. The van der Waals surface area contributed by atoms with Crippen LogP contribution in [-0.2, 0) is 0 Å². The number of carbonyl (C=O) groups excluding carboxylic acids is 2. The minimum absolute atomic E-state index is 0.143. The molecule has 2 N–H and O–H groups in total. The fraction of sp³-hybridized carbons (Fsp3) is 0.429. The average molecular weight is 259 g/mol. The van der Waals surface area contributed by atoms with Crippen LogP contribution in [0.25, 0.3) is 0 Å². The van der Waals surface area contributed by atoms with Crippen molar-refractivity contribution in [1.29, 1.82) is 0 Å². The second-order valence-electron chi connectivity index (χ2n) is 5.20. The van der Waals surface area contributed by atoms with Gasteiger partial charge in [-0.15, -0.1) is 0 Å². The summed E-state index contributed by atoms with van der Waals surface area (Å²) in [5.74, 6) is -0.389. The Kier molecular flexibility index (Phi) is 3.08. The number of nitrogens with two attached hydrogens (primary N) is 1. The number of nitrogens with zero attached hydrogens (tertiary/aromatic N) is 2. The van der Waals surface area contributed by atoms with Crippen LogP contribution in [0.3, 0.4) is 0 Å². The number of fused-ring (bicyclic) bond motifs is 1. The highest BCUT2D eigenvalue weighted by molar-refractivity contribution is 6.21. The Hall–Kier alpha value is -1.72. The summed E-state index contributed by atoms with van der Waals surface area (Å²) in [6, 6.07) is 7.12. The smallest absolute Gasteiger partial charge is 0.262 e. The molecular formula is C14H17N3O2. The molecule has 1 aromatic rings. The van der Waals surface area contributed by atoms with E-state index < -0.39 is 0 Å². The van der Waals surface area contributed by atoms with Gasteiger partial charge in [-0.25, -0.2) is 0 Å². The first-order chi connectivity index (χ1) is 9.16. The van der Waals surface area contributed by atoms with Crippen molar-refractivity contribution >= 4 is 11.8 Å². The lowest BCUT2D eigenvalue weighted by molar-refractivity contribution is 0.0508. The molecule has 0 aromatic heterocycles. The van der Waals surface area contributed by atoms with Gasteiger partial charge >= 0.3 is 0 Å². The Labute approximate surface area is 112 Å². The molecule has 2 amide bonds. The quantitative estimate of drug-likeness (QED) is 0.792. The highest BCUT2D eigenvalue weighted by Crippen LogP contribution is 2.23. The fourth-order valence-electron chi connectivity index (χ4n) is 2.79. The molecule has 2 heterocycles. The van der Waals surface area contributed by atoms with E-state index in [1.807, 2.05) is 0 Å². The normalized spacial score (nSPS) is 23.8. The molecule has 2 aliphatic rings. The lowest BCUT2D eigenvalue weighted by atomic mass is 10.1. The maximum absolute atomic E-state index is 12.2. The highest BCUT2D eigenvalue weighted by atomic mass is 16.2. The van der Waals surface area contributed by atoms with E-state index in [-0.39, 0.29) is 17.9 Å². The fourth-order valence-corrected chi connectivity index (χ4v) is 2.79. The second kappa shape index (κ2) is 4.75. The topological polar surface area (TPSA) is 66.6 Å². The van der Waals surface area contributed by atoms with E-state index in [0.29, 0.717) is 17.8 Å². The number of benzene rings is 1. The van der Waals surface area contributed by atoms with Crippen LogP contribution in [0.1, 0.15) is 33.6 Å². The van der Waals surface area contributed by atoms with Gasteiger partial charge in [0.2, 0.25) is 0 Å². The summed E-state index contributed by atoms with van der Waals surface area (Å²) in [4.78, 5) is 27.8. The third-order valence-corrected chi connectivity index (χ3v) is 3.76. The van der Waals surface area contributed by atoms with E-state index in [0.717, 1.165) is 25.9 Å². The number of amides is 2. The van der Waals surface area contributed by atoms with Gasteiger partial charge < -0.3 is 5.73 Å². The van der Waals surface area contributed by atoms with Gasteiger partial charge in [0.15, 0.2) is 0 Å². The molecule has 0 spiro atoms. The maximum atomic E-state index is 12.2. The largest absolute Gasteiger partial charge is 0.327 e. The van der Waals surface area contributed by atoms with Crippen molar-refractivity contribution in [2.24, 2.45) is 5.73 Å². The molecule has 5 nitrogen and oxygen atoms in total. The van der Waals surface area contributed by atoms with Gasteiger partial charge in [-0.2, -0.15) is 0 Å². The van der Waals surface area contributed by atoms with Gasteiger partial charge in [0, 0.05) is 12.6 Å². The molecule has 2 aliphatic heterocycles. The molecule has 0 saturated carbocycles. The van der Waals surface area contributed by atoms with E-state index in [4.69, 9.17) is 5.73 Å². The van der Waals surface area contributed by atoms with Crippen molar-refractivity contribution in [3.63, 3.8) is 0 Å². The molecular weight excluding hydrogens is 242 g/mol. The lowest BCUT2D eigenvalue weighted by Gasteiger charge is -2.32. The molecule has 1 aromatic carbocycles. The van der Waals surface area contributed by atoms with Crippen molar-refractivity contribution in [1.82, 2.24) is 9.80 Å². The van der Waals surface area contributed by atoms with Crippen LogP contribution in [-0.4, -0.2) is 47.4 Å². The molecule has 0 aliphatic carbocycles. The van der Waals surface area contributed by atoms with E-state index >= 15 is 0 Å². The zero-order valence-electron chi connectivity index (χ0n) is 10.7. The first-order valence-corrected chi connectivity index (χ1v) is 6.60. The molecule has 1 saturated heterocycles. The number of carbonyl (C=O) groups is 2. The molecule has 3 rings (SSSR count). The molecule has 1 unspecified atom stereocenters. The summed E-state index contributed by atoms with van der Waals surface area (Å²) in [6.45, 7) is 1.98. The third kappa shape index (κ3) is 2.15. The lowest BCUT2D eigenvalue weighted by Crippen LogP contribution is -2.48. The van der Waals surface area contributed by atoms with Crippen molar-refractivity contribution in [2.75, 3.05) is 19.8 Å². The van der Waals surface area contributed by atoms with Crippen LogP contribution in [0, 0.1) is 0 Å². The Balaban J connectivity index is 1.77. The predicted octanol–water partition coefficient (Wildman–Crippen LogP) is 0.663. The van der Waals surface area contributed by atoms with E-state index in [1.165, 1.54) is 4.90 Å². The number of piperidine rings is 1. The first-order valence-electron chi connectivity index (χ1n) is 6.60. The van der Waals surface area contributed by atoms with Crippen molar-refractivity contribution in [2.45, 2.75) is 18.9 Å². The zero-order chi connectivity index (χ0) is 13.4. The van der Waals surface area contributed by atoms with Crippen LogP contribution in [0.4, 0.5) is 0 Å². The SMILES string of the molecule is NC1CCCN(CN2C(=O)c3ccccc3C2=O)C1. The maximum Gasteiger partial charge on any atom is 0.262 e. The van der Waals surface area contributed by atoms with E-state index in [9.17, 15) is 9.59 Å². The zero-order valence-corrected chi connectivity index (χ0v) is 10.7. The van der Waals surface area contributed by atoms with Crippen molar-refractivity contribution in [3.05, 3.63) is 35.4 Å². The number of rotatable bonds is 2. The Bertz CT molecular complexity index is 494. The summed E-state index contributed by atoms with van der Waals surface area (Å²) in [5, 5.41) is 0. The molecule has 1 atom stereocenters.